The molecule has 0 heterocycles. The Kier molecular flexibility index (Phi) is 28.3. The first-order chi connectivity index (χ1) is 37.9. The van der Waals surface area contributed by atoms with Gasteiger partial charge in [-0.3, -0.25) is 9.59 Å². The van der Waals surface area contributed by atoms with Gasteiger partial charge in [-0.2, -0.15) is 0 Å². The van der Waals surface area contributed by atoms with Crippen LogP contribution in [0.5, 0.6) is 0 Å². The number of amides is 3. The van der Waals surface area contributed by atoms with E-state index in [2.05, 4.69) is 73.0 Å². The van der Waals surface area contributed by atoms with Gasteiger partial charge in [0.1, 0.15) is 19.8 Å². The molecule has 2 aliphatic rings. The topological polar surface area (TPSA) is 123 Å². The van der Waals surface area contributed by atoms with Crippen LogP contribution in [0, 0.1) is 0 Å². The first-order valence-corrected chi connectivity index (χ1v) is 30.5. The van der Waals surface area contributed by atoms with Gasteiger partial charge in [-0.15, -0.1) is 0 Å². The second-order valence-electron chi connectivity index (χ2n) is 21.8. The number of benzene rings is 4. The number of nitrogens with zero attached hydrogens (tertiary/aromatic N) is 1. The molecule has 2 N–H and O–H groups in total. The van der Waals surface area contributed by atoms with E-state index in [0.29, 0.717) is 45.3 Å². The Bertz CT molecular complexity index is 2260. The number of carbonyl (C=O) groups is 4. The number of ketones is 1. The highest BCUT2D eigenvalue weighted by atomic mass is 16.6. The Balaban J connectivity index is 0.967. The molecule has 0 fully saturated rings. The van der Waals surface area contributed by atoms with Gasteiger partial charge in [0.2, 0.25) is 5.91 Å². The van der Waals surface area contributed by atoms with Crippen LogP contribution in [0.25, 0.3) is 22.3 Å². The maximum Gasteiger partial charge on any atom is 0.407 e. The van der Waals surface area contributed by atoms with Crippen molar-refractivity contribution in [3.8, 4) is 22.3 Å². The number of unbranched alkanes of at least 4 members (excludes halogenated alkanes) is 22. The number of hydrogen-bond acceptors (Lipinski definition) is 7. The molecule has 77 heavy (non-hydrogen) atoms. The number of Topliss-reactive ketones (excluding diaryl/α,β-unsaturated/α-hetero) is 1. The monoisotopic (exact) mass is 1050 g/mol. The third-order valence-corrected chi connectivity index (χ3v) is 15.9. The molecule has 0 radical (unpaired) electrons. The highest BCUT2D eigenvalue weighted by Crippen LogP contribution is 2.45. The molecule has 4 aromatic rings. The molecule has 420 valence electrons. The zero-order valence-corrected chi connectivity index (χ0v) is 47.3. The van der Waals surface area contributed by atoms with Crippen molar-refractivity contribution in [3.05, 3.63) is 119 Å². The molecule has 0 aromatic heterocycles. The first-order valence-electron chi connectivity index (χ1n) is 30.5. The number of nitrogens with one attached hydrogen (secondary N) is 2. The van der Waals surface area contributed by atoms with E-state index >= 15 is 0 Å². The fourth-order valence-electron chi connectivity index (χ4n) is 11.5. The molecule has 6 rings (SSSR count). The van der Waals surface area contributed by atoms with Crippen LogP contribution in [0.4, 0.5) is 9.59 Å². The second kappa shape index (κ2) is 35.8. The van der Waals surface area contributed by atoms with Crippen LogP contribution in [-0.2, 0) is 23.8 Å². The van der Waals surface area contributed by atoms with Crippen molar-refractivity contribution in [2.75, 3.05) is 46.1 Å². The molecular formula is C67H95N3O7. The summed E-state index contributed by atoms with van der Waals surface area (Å²) in [7, 11) is 0. The Labute approximate surface area is 463 Å². The predicted octanol–water partition coefficient (Wildman–Crippen LogP) is 16.4. The van der Waals surface area contributed by atoms with Crippen LogP contribution in [0.15, 0.2) is 97.1 Å². The van der Waals surface area contributed by atoms with Gasteiger partial charge in [-0.1, -0.05) is 246 Å². The fourth-order valence-corrected chi connectivity index (χ4v) is 11.5. The highest BCUT2D eigenvalue weighted by molar-refractivity contribution is 5.88. The maximum absolute atomic E-state index is 14.0. The van der Waals surface area contributed by atoms with Crippen molar-refractivity contribution in [2.45, 2.75) is 205 Å². The number of rotatable bonds is 41. The van der Waals surface area contributed by atoms with Crippen LogP contribution in [0.2, 0.25) is 0 Å². The Hall–Kier alpha value is -5.48. The van der Waals surface area contributed by atoms with Crippen LogP contribution in [0.3, 0.4) is 0 Å². The quantitative estimate of drug-likeness (QED) is 0.0424. The van der Waals surface area contributed by atoms with Gasteiger partial charge in [-0.25, -0.2) is 9.59 Å². The lowest BCUT2D eigenvalue weighted by Gasteiger charge is -2.23. The van der Waals surface area contributed by atoms with Crippen LogP contribution in [-0.4, -0.2) is 80.9 Å². The Morgan fingerprint density at radius 3 is 1.32 bits per heavy atom. The molecule has 0 spiro atoms. The lowest BCUT2D eigenvalue weighted by atomic mass is 9.98. The molecule has 1 unspecified atom stereocenters. The number of fused-ring (bicyclic) bond motifs is 6. The fraction of sp³-hybridized carbons (Fsp3) is 0.582. The lowest BCUT2D eigenvalue weighted by Crippen LogP contribution is -2.43. The van der Waals surface area contributed by atoms with Crippen molar-refractivity contribution >= 4 is 23.9 Å². The summed E-state index contributed by atoms with van der Waals surface area (Å²) in [5, 5.41) is 5.76. The van der Waals surface area contributed by atoms with Crippen LogP contribution in [0.1, 0.15) is 221 Å². The Morgan fingerprint density at radius 2 is 0.870 bits per heavy atom. The molecule has 0 saturated heterocycles. The van der Waals surface area contributed by atoms with Gasteiger partial charge in [0.25, 0.3) is 0 Å². The summed E-state index contributed by atoms with van der Waals surface area (Å²) in [5.74, 6) is -0.249. The molecule has 4 aromatic carbocycles. The van der Waals surface area contributed by atoms with Gasteiger partial charge in [0.05, 0.1) is 12.6 Å². The van der Waals surface area contributed by atoms with E-state index in [1.165, 1.54) is 133 Å². The van der Waals surface area contributed by atoms with Gasteiger partial charge in [-0.05, 0) is 76.6 Å². The van der Waals surface area contributed by atoms with Crippen molar-refractivity contribution in [2.24, 2.45) is 0 Å². The minimum Gasteiger partial charge on any atom is -0.449 e. The van der Waals surface area contributed by atoms with Crippen molar-refractivity contribution in [3.63, 3.8) is 0 Å². The maximum atomic E-state index is 14.0. The van der Waals surface area contributed by atoms with Gasteiger partial charge in [0.15, 0.2) is 5.78 Å². The van der Waals surface area contributed by atoms with E-state index < -0.39 is 18.2 Å². The average Bonchev–Trinajstić information content (AvgIpc) is 3.99. The van der Waals surface area contributed by atoms with E-state index in [9.17, 15) is 19.2 Å². The van der Waals surface area contributed by atoms with E-state index in [-0.39, 0.29) is 50.0 Å². The summed E-state index contributed by atoms with van der Waals surface area (Å²) < 4.78 is 17.7. The van der Waals surface area contributed by atoms with Crippen molar-refractivity contribution in [1.29, 1.82) is 0 Å². The van der Waals surface area contributed by atoms with Gasteiger partial charge in [0, 0.05) is 37.9 Å². The molecule has 2 aliphatic carbocycles. The lowest BCUT2D eigenvalue weighted by molar-refractivity contribution is -0.132. The predicted molar refractivity (Wildman–Crippen MR) is 313 cm³/mol. The van der Waals surface area contributed by atoms with Crippen molar-refractivity contribution in [1.82, 2.24) is 15.5 Å². The highest BCUT2D eigenvalue weighted by Gasteiger charge is 2.31. The number of alkyl carbamates (subject to hydrolysis) is 2. The summed E-state index contributed by atoms with van der Waals surface area (Å²) >= 11 is 0. The number of hydrogen-bond donors (Lipinski definition) is 2. The summed E-state index contributed by atoms with van der Waals surface area (Å²) in [6, 6.07) is 32.0. The summed E-state index contributed by atoms with van der Waals surface area (Å²) in [6.45, 7) is 6.38. The molecule has 3 amide bonds. The van der Waals surface area contributed by atoms with E-state index in [1.807, 2.05) is 53.4 Å². The summed E-state index contributed by atoms with van der Waals surface area (Å²) in [5.41, 5.74) is 9.14. The van der Waals surface area contributed by atoms with Gasteiger partial charge >= 0.3 is 12.2 Å². The van der Waals surface area contributed by atoms with E-state index in [0.717, 1.165) is 59.1 Å². The average molecular weight is 1050 g/mol. The van der Waals surface area contributed by atoms with E-state index in [1.54, 1.807) is 0 Å². The third kappa shape index (κ3) is 20.7. The van der Waals surface area contributed by atoms with Crippen molar-refractivity contribution < 1.29 is 33.4 Å². The van der Waals surface area contributed by atoms with Gasteiger partial charge < -0.3 is 29.7 Å². The molecule has 0 saturated carbocycles. The largest absolute Gasteiger partial charge is 0.449 e. The minimum absolute atomic E-state index is 0.0342. The minimum atomic E-state index is -0.861. The Morgan fingerprint density at radius 1 is 0.468 bits per heavy atom. The molecular weight excluding hydrogens is 959 g/mol. The molecule has 1 atom stereocenters. The number of ether oxygens (including phenoxy) is 3. The zero-order valence-electron chi connectivity index (χ0n) is 47.3. The van der Waals surface area contributed by atoms with E-state index in [4.69, 9.17) is 14.2 Å². The standard InChI is InChI=1S/C67H95N3O7/c1-3-5-7-9-11-13-15-17-19-21-23-35-47-70(65(72)45-24-22-20-18-16-14-12-10-8-6-4-2)48-49-75-52-64(71)63(69-67(74)77-51-62-59-42-31-27-38-55(59)56-39-28-32-43-60(56)62)44-33-34-46-68-66(73)76-50-61-57-40-29-25-36-53(57)54-37-26-30-41-58(54)61/h25-32,36-43,61-63H,3-24,33-35,44-52H2,1-2H3,(H,68,73)(H,69,74). The molecule has 0 bridgehead atoms. The first kappa shape index (κ1) is 60.7. The SMILES string of the molecule is CCCCCCCCCCCCCCN(CCOCC(=O)C(CCCCNC(=O)OCC1c2ccccc2-c2ccccc21)NC(=O)OCC1c2ccccc2-c2ccccc21)C(=O)CCCCCCCCCCCCC. The summed E-state index contributed by atoms with van der Waals surface area (Å²) in [4.78, 5) is 56.1. The molecule has 10 nitrogen and oxygen atoms in total. The normalized spacial score (nSPS) is 12.9. The second-order valence-corrected chi connectivity index (χ2v) is 21.8. The third-order valence-electron chi connectivity index (χ3n) is 15.9. The number of carbonyl (C=O) groups excluding carboxylic acids is 4. The smallest absolute Gasteiger partial charge is 0.407 e. The molecule has 10 heteroatoms. The van der Waals surface area contributed by atoms with Crippen LogP contribution >= 0.6 is 0 Å². The molecule has 0 aliphatic heterocycles. The summed E-state index contributed by atoms with van der Waals surface area (Å²) in [6.07, 6.45) is 29.6. The zero-order chi connectivity index (χ0) is 54.1. The van der Waals surface area contributed by atoms with Crippen LogP contribution < -0.4 is 10.6 Å².